The van der Waals surface area contributed by atoms with Crippen LogP contribution in [0.25, 0.3) is 6.08 Å². The SMILES string of the molecule is C/C(=C\c1cncc(Cl)c1)[C@@H]1OC(=O)C[C@H](O)CC[C@@H](C)[C@@H](OC(=O)N2CCN(C(=O)OCc3ccc(NC(=O)[C@H](CCCNC(N)=O)NC(=O)[C@@H](NC(=O)CCCCCN4C(=O)C=CC4=O)C(C)C)cc3)CC2)C=C[C@H]1C. The van der Waals surface area contributed by atoms with Gasteiger partial charge in [0.1, 0.15) is 30.9 Å². The molecule has 0 bridgehead atoms. The Labute approximate surface area is 459 Å². The van der Waals surface area contributed by atoms with E-state index in [1.165, 1.54) is 28.1 Å². The van der Waals surface area contributed by atoms with Crippen LogP contribution in [0.3, 0.4) is 0 Å². The van der Waals surface area contributed by atoms with Crippen LogP contribution in [0.15, 0.2) is 72.6 Å². The fourth-order valence-electron chi connectivity index (χ4n) is 8.93. The number of nitrogens with two attached hydrogens (primary N) is 1. The van der Waals surface area contributed by atoms with Crippen molar-refractivity contribution in [2.24, 2.45) is 23.5 Å². The predicted molar refractivity (Wildman–Crippen MR) is 289 cm³/mol. The smallest absolute Gasteiger partial charge is 0.410 e. The molecule has 0 unspecified atom stereocenters. The highest BCUT2D eigenvalue weighted by Gasteiger charge is 2.32. The van der Waals surface area contributed by atoms with Crippen LogP contribution in [0.4, 0.5) is 20.1 Å². The zero-order valence-corrected chi connectivity index (χ0v) is 45.7. The van der Waals surface area contributed by atoms with E-state index < -0.39 is 66.4 Å². The molecular formula is C55H74ClN9O13. The first-order chi connectivity index (χ1) is 37.2. The second-order valence-corrected chi connectivity index (χ2v) is 20.6. The van der Waals surface area contributed by atoms with Gasteiger partial charge in [-0.2, -0.15) is 0 Å². The lowest BCUT2D eigenvalue weighted by atomic mass is 9.91. The molecule has 1 saturated heterocycles. The fraction of sp³-hybridized carbons (Fsp3) is 0.527. The van der Waals surface area contributed by atoms with E-state index in [2.05, 4.69) is 26.3 Å². The van der Waals surface area contributed by atoms with Gasteiger partial charge in [-0.05, 0) is 98.3 Å². The van der Waals surface area contributed by atoms with Crippen LogP contribution in [-0.4, -0.2) is 148 Å². The molecule has 78 heavy (non-hydrogen) atoms. The van der Waals surface area contributed by atoms with Crippen molar-refractivity contribution in [3.8, 4) is 0 Å². The molecule has 4 heterocycles. The van der Waals surface area contributed by atoms with E-state index >= 15 is 0 Å². The van der Waals surface area contributed by atoms with E-state index in [-0.39, 0.29) is 113 Å². The number of anilines is 1. The summed E-state index contributed by atoms with van der Waals surface area (Å²) in [4.78, 5) is 123. The Hall–Kier alpha value is -7.33. The van der Waals surface area contributed by atoms with Crippen molar-refractivity contribution in [3.05, 3.63) is 88.8 Å². The normalized spacial score (nSPS) is 20.9. The maximum atomic E-state index is 13.7. The van der Waals surface area contributed by atoms with Crippen molar-refractivity contribution in [2.45, 2.75) is 129 Å². The topological polar surface area (TPSA) is 298 Å². The highest BCUT2D eigenvalue weighted by atomic mass is 35.5. The van der Waals surface area contributed by atoms with Gasteiger partial charge in [-0.3, -0.25) is 38.7 Å². The summed E-state index contributed by atoms with van der Waals surface area (Å²) in [6, 6.07) is 5.51. The van der Waals surface area contributed by atoms with E-state index in [0.29, 0.717) is 42.0 Å². The molecule has 0 spiro atoms. The monoisotopic (exact) mass is 1100 g/mol. The lowest BCUT2D eigenvalue weighted by molar-refractivity contribution is -0.151. The third-order valence-corrected chi connectivity index (χ3v) is 13.7. The second kappa shape index (κ2) is 30.6. The number of aliphatic hydroxyl groups is 1. The van der Waals surface area contributed by atoms with E-state index in [4.69, 9.17) is 31.5 Å². The molecule has 1 aromatic carbocycles. The minimum Gasteiger partial charge on any atom is -0.457 e. The first-order valence-corrected chi connectivity index (χ1v) is 26.8. The molecule has 1 fully saturated rings. The van der Waals surface area contributed by atoms with Gasteiger partial charge in [0.05, 0.1) is 17.5 Å². The summed E-state index contributed by atoms with van der Waals surface area (Å²) >= 11 is 6.15. The summed E-state index contributed by atoms with van der Waals surface area (Å²) in [5, 5.41) is 21.9. The average molecular weight is 1100 g/mol. The first kappa shape index (κ1) is 61.5. The number of aliphatic hydroxyl groups excluding tert-OH is 1. The van der Waals surface area contributed by atoms with Gasteiger partial charge in [-0.1, -0.05) is 70.0 Å². The largest absolute Gasteiger partial charge is 0.457 e. The number of rotatable bonds is 21. The van der Waals surface area contributed by atoms with Crippen molar-refractivity contribution >= 4 is 77.1 Å². The van der Waals surface area contributed by atoms with Gasteiger partial charge < -0.3 is 56.1 Å². The summed E-state index contributed by atoms with van der Waals surface area (Å²) < 4.78 is 17.6. The number of halogens is 1. The number of piperazine rings is 1. The summed E-state index contributed by atoms with van der Waals surface area (Å²) in [7, 11) is 0. The van der Waals surface area contributed by atoms with E-state index in [1.807, 2.05) is 32.9 Å². The number of hydrogen-bond acceptors (Lipinski definition) is 14. The molecule has 9 amide bonds. The van der Waals surface area contributed by atoms with Gasteiger partial charge in [0.15, 0.2) is 0 Å². The third-order valence-electron chi connectivity index (χ3n) is 13.5. The number of unbranched alkanes of at least 4 members (excludes halogenated alkanes) is 2. The van der Waals surface area contributed by atoms with Crippen LogP contribution in [0.1, 0.15) is 104 Å². The Morgan fingerprint density at radius 3 is 2.22 bits per heavy atom. The van der Waals surface area contributed by atoms with E-state index in [1.54, 1.807) is 56.5 Å². The van der Waals surface area contributed by atoms with Gasteiger partial charge in [0.25, 0.3) is 11.8 Å². The van der Waals surface area contributed by atoms with Crippen molar-refractivity contribution in [1.82, 2.24) is 35.6 Å². The third kappa shape index (κ3) is 19.9. The summed E-state index contributed by atoms with van der Waals surface area (Å²) in [6.07, 6.45) is 10.2. The highest BCUT2D eigenvalue weighted by Crippen LogP contribution is 2.27. The van der Waals surface area contributed by atoms with Crippen LogP contribution in [0.5, 0.6) is 0 Å². The molecule has 0 saturated carbocycles. The van der Waals surface area contributed by atoms with E-state index in [9.17, 15) is 48.3 Å². The minimum atomic E-state index is -1.07. The molecule has 3 aliphatic heterocycles. The Kier molecular flexibility index (Phi) is 24.1. The predicted octanol–water partition coefficient (Wildman–Crippen LogP) is 5.38. The maximum Gasteiger partial charge on any atom is 0.410 e. The Balaban J connectivity index is 1.09. The molecule has 3 aliphatic rings. The number of carbonyl (C=O) groups is 9. The number of nitrogens with zero attached hydrogens (tertiary/aromatic N) is 4. The number of amides is 9. The molecule has 7 N–H and O–H groups in total. The number of hydrogen-bond donors (Lipinski definition) is 6. The summed E-state index contributed by atoms with van der Waals surface area (Å²) in [5.41, 5.74) is 7.66. The maximum absolute atomic E-state index is 13.7. The fourth-order valence-corrected chi connectivity index (χ4v) is 9.11. The van der Waals surface area contributed by atoms with Crippen molar-refractivity contribution in [2.75, 3.05) is 44.6 Å². The number of benzene rings is 1. The standard InChI is InChI=1S/C55H74ClN9O13/c1-34(2)49(62-45(67)11-7-6-8-23-65-46(68)20-21-47(65)69)52(72)61-43(10-9-22-59-53(57)73)51(71)60-41-16-14-38(15-17-41)33-76-54(74)63-24-26-64(27-25-63)55(75)77-44-19-13-36(4)50(37(5)28-39-29-40(56)32-58-31-39)78-48(70)30-42(66)18-12-35(44)3/h13-17,19-21,28-29,31-32,34-36,42-44,49-50,66H,6-12,18,22-27,30,33H2,1-5H3,(H,60,71)(H,61,72)(H,62,67)(H3,57,59,73)/b19-13?,37-28+/t35-,36-,42-,43+,44+,49+,50-/m1/s1. The number of aromatic nitrogens is 1. The zero-order valence-electron chi connectivity index (χ0n) is 45.0. The molecule has 23 heteroatoms. The van der Waals surface area contributed by atoms with E-state index in [0.717, 1.165) is 16.0 Å². The van der Waals surface area contributed by atoms with Gasteiger partial charge in [0, 0.05) is 81.8 Å². The number of imide groups is 1. The highest BCUT2D eigenvalue weighted by molar-refractivity contribution is 6.30. The lowest BCUT2D eigenvalue weighted by Crippen LogP contribution is -2.54. The Bertz CT molecular complexity index is 2510. The van der Waals surface area contributed by atoms with Crippen molar-refractivity contribution in [3.63, 3.8) is 0 Å². The van der Waals surface area contributed by atoms with Gasteiger partial charge in [0.2, 0.25) is 17.7 Å². The first-order valence-electron chi connectivity index (χ1n) is 26.5. The number of urea groups is 1. The summed E-state index contributed by atoms with van der Waals surface area (Å²) in [5.74, 6) is -3.67. The quantitative estimate of drug-likeness (QED) is 0.0301. The van der Waals surface area contributed by atoms with Crippen LogP contribution in [0, 0.1) is 17.8 Å². The van der Waals surface area contributed by atoms with Gasteiger partial charge in [-0.25, -0.2) is 14.4 Å². The molecule has 0 aliphatic carbocycles. The number of pyridine rings is 1. The minimum absolute atomic E-state index is 0.0896. The Morgan fingerprint density at radius 1 is 0.885 bits per heavy atom. The van der Waals surface area contributed by atoms with Crippen molar-refractivity contribution in [1.29, 1.82) is 0 Å². The number of nitrogens with one attached hydrogen (secondary N) is 4. The Morgan fingerprint density at radius 2 is 1.56 bits per heavy atom. The molecule has 1 aromatic heterocycles. The molecule has 2 aromatic rings. The number of primary amides is 1. The molecule has 7 atom stereocenters. The molecule has 424 valence electrons. The van der Waals surface area contributed by atoms with Gasteiger partial charge >= 0.3 is 24.2 Å². The zero-order chi connectivity index (χ0) is 56.9. The van der Waals surface area contributed by atoms with Gasteiger partial charge in [-0.15, -0.1) is 0 Å². The lowest BCUT2D eigenvalue weighted by Gasteiger charge is -2.35. The average Bonchev–Trinajstić information content (AvgIpc) is 3.72. The van der Waals surface area contributed by atoms with Crippen LogP contribution < -0.4 is 27.0 Å². The molecule has 22 nitrogen and oxygen atoms in total. The molecule has 0 radical (unpaired) electrons. The van der Waals surface area contributed by atoms with Crippen LogP contribution in [-0.2, 0) is 49.6 Å². The van der Waals surface area contributed by atoms with Crippen LogP contribution in [0.2, 0.25) is 5.02 Å². The van der Waals surface area contributed by atoms with Crippen molar-refractivity contribution < 1.29 is 62.5 Å². The second-order valence-electron chi connectivity index (χ2n) is 20.2. The molecular weight excluding hydrogens is 1030 g/mol. The molecule has 5 rings (SSSR count). The number of ether oxygens (including phenoxy) is 3. The number of esters is 1. The summed E-state index contributed by atoms with van der Waals surface area (Å²) in [6.45, 7) is 10.2. The number of carbonyl (C=O) groups excluding carboxylic acids is 9. The number of cyclic esters (lactones) is 1. The van der Waals surface area contributed by atoms with Crippen LogP contribution >= 0.6 is 11.6 Å².